The van der Waals surface area contributed by atoms with Crippen molar-refractivity contribution in [2.45, 2.75) is 40.0 Å². The van der Waals surface area contributed by atoms with Crippen LogP contribution in [-0.4, -0.2) is 38.3 Å². The zero-order chi connectivity index (χ0) is 22.3. The Morgan fingerprint density at radius 2 is 2.00 bits per heavy atom. The molecule has 30 heavy (non-hydrogen) atoms. The van der Waals surface area contributed by atoms with Gasteiger partial charge < -0.3 is 20.7 Å². The number of aliphatic imine (C=N–C) groups is 1. The van der Waals surface area contributed by atoms with Crippen molar-refractivity contribution < 1.29 is 9.53 Å². The number of carbonyl (C=O) groups excluding carboxylic acids is 1. The molecule has 160 valence electrons. The number of nitrogens with two attached hydrogens (primary N) is 1. The summed E-state index contributed by atoms with van der Waals surface area (Å²) in [6.45, 7) is 9.71. The predicted octanol–water partition coefficient (Wildman–Crippen LogP) is 3.21. The van der Waals surface area contributed by atoms with Gasteiger partial charge in [0.05, 0.1) is 12.5 Å². The minimum atomic E-state index is -0.347. The van der Waals surface area contributed by atoms with Crippen LogP contribution >= 0.6 is 0 Å². The highest BCUT2D eigenvalue weighted by molar-refractivity contribution is 6.01. The van der Waals surface area contributed by atoms with Gasteiger partial charge in [-0.1, -0.05) is 32.4 Å². The minimum Gasteiger partial charge on any atom is -0.445 e. The first-order valence-corrected chi connectivity index (χ1v) is 10.2. The number of allylic oxidation sites excluding steroid dienone is 3. The lowest BCUT2D eigenvalue weighted by atomic mass is 9.81. The Labute approximate surface area is 178 Å². The van der Waals surface area contributed by atoms with Gasteiger partial charge in [0.15, 0.2) is 0 Å². The number of piperazine rings is 1. The lowest BCUT2D eigenvalue weighted by Crippen LogP contribution is -2.48. The Hall–Kier alpha value is -3.11. The maximum Gasteiger partial charge on any atom is 0.240 e. The van der Waals surface area contributed by atoms with Gasteiger partial charge in [-0.15, -0.1) is 0 Å². The van der Waals surface area contributed by atoms with E-state index in [1.165, 1.54) is 6.42 Å². The second kappa shape index (κ2) is 10.6. The number of nitrogens with one attached hydrogen (secondary N) is 1. The number of nitrogens with zero attached hydrogens (tertiary/aromatic N) is 3. The Morgan fingerprint density at radius 3 is 2.53 bits per heavy atom. The van der Waals surface area contributed by atoms with Crippen LogP contribution in [-0.2, 0) is 9.53 Å². The zero-order valence-corrected chi connectivity index (χ0v) is 18.5. The van der Waals surface area contributed by atoms with Crippen LogP contribution < -0.4 is 16.0 Å². The third-order valence-corrected chi connectivity index (χ3v) is 4.96. The Kier molecular flexibility index (Phi) is 8.19. The maximum atomic E-state index is 12.1. The number of rotatable bonds is 3. The van der Waals surface area contributed by atoms with Crippen LogP contribution in [0.4, 0.5) is 5.69 Å². The second-order valence-electron chi connectivity index (χ2n) is 7.22. The topological polar surface area (TPSA) is 104 Å². The van der Waals surface area contributed by atoms with E-state index in [0.29, 0.717) is 24.4 Å². The molecule has 1 unspecified atom stereocenters. The summed E-state index contributed by atoms with van der Waals surface area (Å²) in [5.74, 6) is 0.461. The molecule has 2 heterocycles. The summed E-state index contributed by atoms with van der Waals surface area (Å²) in [5.41, 5.74) is 9.72. The van der Waals surface area contributed by atoms with Gasteiger partial charge in [-0.2, -0.15) is 5.26 Å². The molecule has 3 rings (SSSR count). The van der Waals surface area contributed by atoms with Crippen molar-refractivity contribution in [1.82, 2.24) is 5.32 Å². The summed E-state index contributed by atoms with van der Waals surface area (Å²) >= 11 is 0. The van der Waals surface area contributed by atoms with Crippen LogP contribution in [0.2, 0.25) is 0 Å². The second-order valence-corrected chi connectivity index (χ2v) is 7.22. The molecule has 0 radical (unpaired) electrons. The van der Waals surface area contributed by atoms with Crippen LogP contribution in [0.5, 0.6) is 0 Å². The first-order chi connectivity index (χ1) is 14.4. The molecular weight excluding hydrogens is 378 g/mol. The van der Waals surface area contributed by atoms with Crippen molar-refractivity contribution in [3.05, 3.63) is 52.6 Å². The molecule has 7 nitrogen and oxygen atoms in total. The fourth-order valence-corrected chi connectivity index (χ4v) is 3.53. The van der Waals surface area contributed by atoms with Gasteiger partial charge in [-0.05, 0) is 31.5 Å². The number of hydrogen-bond donors (Lipinski definition) is 2. The van der Waals surface area contributed by atoms with E-state index in [2.05, 4.69) is 30.2 Å². The molecule has 0 spiro atoms. The number of amides is 1. The molecule has 1 aromatic carbocycles. The van der Waals surface area contributed by atoms with Crippen LogP contribution in [0.3, 0.4) is 0 Å². The first kappa shape index (κ1) is 23.2. The van der Waals surface area contributed by atoms with Crippen molar-refractivity contribution >= 4 is 17.3 Å². The minimum absolute atomic E-state index is 0.0484. The fraction of sp³-hybridized carbons (Fsp3) is 0.435. The number of anilines is 1. The lowest BCUT2D eigenvalue weighted by molar-refractivity contribution is -0.118. The van der Waals surface area contributed by atoms with Crippen LogP contribution in [0.15, 0.2) is 52.0 Å². The highest BCUT2D eigenvalue weighted by Gasteiger charge is 2.33. The van der Waals surface area contributed by atoms with E-state index in [4.69, 9.17) is 10.5 Å². The Balaban J connectivity index is 0.00000101. The molecule has 0 bridgehead atoms. The molecule has 1 atom stereocenters. The Morgan fingerprint density at radius 1 is 1.37 bits per heavy atom. The van der Waals surface area contributed by atoms with Gasteiger partial charge in [0.25, 0.3) is 0 Å². The number of benzene rings is 1. The van der Waals surface area contributed by atoms with E-state index in [-0.39, 0.29) is 17.7 Å². The summed E-state index contributed by atoms with van der Waals surface area (Å²) in [4.78, 5) is 18.1. The van der Waals surface area contributed by atoms with Crippen molar-refractivity contribution in [3.8, 4) is 6.07 Å². The molecule has 0 aliphatic carbocycles. The van der Waals surface area contributed by atoms with E-state index in [1.54, 1.807) is 11.9 Å². The SMILES string of the molecule is CCC.CN=C(C)C1=C(C)OC(N)=C(C#N)C1c1ccc(N2CCNCC2=O)cc1. The van der Waals surface area contributed by atoms with E-state index >= 15 is 0 Å². The molecule has 2 aliphatic rings. The van der Waals surface area contributed by atoms with Crippen molar-refractivity contribution in [3.63, 3.8) is 0 Å². The van der Waals surface area contributed by atoms with E-state index in [9.17, 15) is 10.1 Å². The third-order valence-electron chi connectivity index (χ3n) is 4.96. The van der Waals surface area contributed by atoms with Gasteiger partial charge in [0.1, 0.15) is 17.4 Å². The highest BCUT2D eigenvalue weighted by Crippen LogP contribution is 2.40. The largest absolute Gasteiger partial charge is 0.445 e. The van der Waals surface area contributed by atoms with E-state index in [0.717, 1.165) is 29.1 Å². The Bertz CT molecular complexity index is 907. The normalized spacial score (nSPS) is 19.7. The highest BCUT2D eigenvalue weighted by atomic mass is 16.5. The predicted molar refractivity (Wildman–Crippen MR) is 120 cm³/mol. The van der Waals surface area contributed by atoms with Crippen molar-refractivity contribution in [1.29, 1.82) is 5.26 Å². The molecule has 7 heteroatoms. The molecule has 1 fully saturated rings. The summed E-state index contributed by atoms with van der Waals surface area (Å²) in [5, 5.41) is 12.7. The van der Waals surface area contributed by atoms with Crippen LogP contribution in [0.25, 0.3) is 0 Å². The fourth-order valence-electron chi connectivity index (χ4n) is 3.53. The van der Waals surface area contributed by atoms with Gasteiger partial charge >= 0.3 is 0 Å². The quantitative estimate of drug-likeness (QED) is 0.746. The van der Waals surface area contributed by atoms with Gasteiger partial charge in [0, 0.05) is 37.1 Å². The molecule has 0 aromatic heterocycles. The lowest BCUT2D eigenvalue weighted by Gasteiger charge is -2.30. The molecule has 0 saturated carbocycles. The number of ether oxygens (including phenoxy) is 1. The number of hydrogen-bond acceptors (Lipinski definition) is 6. The third kappa shape index (κ3) is 4.89. The van der Waals surface area contributed by atoms with Crippen molar-refractivity contribution in [2.24, 2.45) is 10.7 Å². The summed E-state index contributed by atoms with van der Waals surface area (Å²) < 4.78 is 5.58. The number of carbonyl (C=O) groups is 1. The van der Waals surface area contributed by atoms with E-state index in [1.807, 2.05) is 38.1 Å². The van der Waals surface area contributed by atoms with Gasteiger partial charge in [-0.25, -0.2) is 0 Å². The summed E-state index contributed by atoms with van der Waals surface area (Å²) in [6.07, 6.45) is 1.25. The molecule has 1 saturated heterocycles. The standard InChI is InChI=1S/C20H23N5O2.C3H8/c1-12(23-3)18-13(2)27-20(22)16(10-21)19(18)14-4-6-15(7-5-14)25-9-8-24-11-17(25)26;1-3-2/h4-7,19,24H,8-9,11,22H2,1-3H3;3H2,1-2H3. The maximum absolute atomic E-state index is 12.1. The van der Waals surface area contributed by atoms with Crippen molar-refractivity contribution in [2.75, 3.05) is 31.6 Å². The number of nitriles is 1. The van der Waals surface area contributed by atoms with Gasteiger partial charge in [0.2, 0.25) is 11.8 Å². The summed E-state index contributed by atoms with van der Waals surface area (Å²) in [6, 6.07) is 9.86. The molecule has 1 aromatic rings. The van der Waals surface area contributed by atoms with E-state index < -0.39 is 0 Å². The molecule has 2 aliphatic heterocycles. The molecular formula is C23H31N5O2. The monoisotopic (exact) mass is 409 g/mol. The smallest absolute Gasteiger partial charge is 0.240 e. The van der Waals surface area contributed by atoms with Gasteiger partial charge in [-0.3, -0.25) is 9.79 Å². The van der Waals surface area contributed by atoms with Crippen LogP contribution in [0.1, 0.15) is 45.6 Å². The zero-order valence-electron chi connectivity index (χ0n) is 18.5. The summed E-state index contributed by atoms with van der Waals surface area (Å²) in [7, 11) is 1.71. The molecule has 3 N–H and O–H groups in total. The van der Waals surface area contributed by atoms with Crippen LogP contribution in [0, 0.1) is 11.3 Å². The molecule has 1 amide bonds. The first-order valence-electron chi connectivity index (χ1n) is 10.2. The average molecular weight is 410 g/mol. The average Bonchev–Trinajstić information content (AvgIpc) is 2.74.